The second-order valence-corrected chi connectivity index (χ2v) is 11.2. The average molecular weight is 776 g/mol. The van der Waals surface area contributed by atoms with Gasteiger partial charge in [0.1, 0.15) is 35.4 Å². The van der Waals surface area contributed by atoms with Gasteiger partial charge < -0.3 is 30.7 Å². The first-order valence-electron chi connectivity index (χ1n) is 14.9. The Morgan fingerprint density at radius 1 is 1.04 bits per heavy atom. The van der Waals surface area contributed by atoms with E-state index in [4.69, 9.17) is 47.0 Å². The van der Waals surface area contributed by atoms with Crippen LogP contribution in [0.25, 0.3) is 22.2 Å². The molecule has 0 spiro atoms. The van der Waals surface area contributed by atoms with E-state index in [1.807, 2.05) is 32.9 Å². The van der Waals surface area contributed by atoms with Gasteiger partial charge in [-0.15, -0.1) is 0 Å². The summed E-state index contributed by atoms with van der Waals surface area (Å²) in [5.74, 6) is 0.742. The Labute approximate surface area is 302 Å². The number of halogens is 7. The number of carboxylic acids is 2. The van der Waals surface area contributed by atoms with Crippen molar-refractivity contribution in [2.45, 2.75) is 52.2 Å². The SMILES string of the molecule is CCOc1c(C(C)n2nc(C#C[C@@H](C)O)c3c(N)ncnc32)cc(Cl)c(C)c1-c1ccc(C(=O)N(C)C)nc1.O=C(O)C(F)(F)F.O=C(O)C(F)(F)F. The number of aliphatic hydroxyl groups is 1. The number of amides is 1. The van der Waals surface area contributed by atoms with Crippen LogP contribution in [0.1, 0.15) is 54.1 Å². The van der Waals surface area contributed by atoms with Gasteiger partial charge in [0.2, 0.25) is 0 Å². The average Bonchev–Trinajstić information content (AvgIpc) is 3.44. The molecule has 0 fully saturated rings. The summed E-state index contributed by atoms with van der Waals surface area (Å²) in [5, 5.41) is 29.7. The van der Waals surface area contributed by atoms with E-state index in [1.54, 1.807) is 38.0 Å². The van der Waals surface area contributed by atoms with Crippen LogP contribution in [0.15, 0.2) is 30.7 Å². The zero-order valence-corrected chi connectivity index (χ0v) is 29.4. The maximum absolute atomic E-state index is 12.4. The molecule has 2 atom stereocenters. The summed E-state index contributed by atoms with van der Waals surface area (Å²) in [4.78, 5) is 44.6. The number of anilines is 1. The third-order valence-electron chi connectivity index (χ3n) is 6.69. The molecule has 1 unspecified atom stereocenters. The van der Waals surface area contributed by atoms with E-state index < -0.39 is 36.4 Å². The summed E-state index contributed by atoms with van der Waals surface area (Å²) >= 11 is 6.77. The molecule has 286 valence electrons. The summed E-state index contributed by atoms with van der Waals surface area (Å²) in [5.41, 5.74) is 10.4. The number of carboxylic acid groups (broad SMARTS) is 2. The fraction of sp³-hybridized carbons (Fsp3) is 0.344. The van der Waals surface area contributed by atoms with E-state index in [0.29, 0.717) is 39.8 Å². The molecule has 4 rings (SSSR count). The summed E-state index contributed by atoms with van der Waals surface area (Å²) in [7, 11) is 3.36. The molecule has 0 saturated heterocycles. The maximum atomic E-state index is 12.4. The number of aliphatic carboxylic acids is 2. The van der Waals surface area contributed by atoms with E-state index in [2.05, 4.69) is 26.8 Å². The van der Waals surface area contributed by atoms with Crippen LogP contribution in [0, 0.1) is 18.8 Å². The number of benzene rings is 1. The molecule has 3 heterocycles. The first-order chi connectivity index (χ1) is 24.4. The van der Waals surface area contributed by atoms with Crippen molar-refractivity contribution in [1.29, 1.82) is 0 Å². The monoisotopic (exact) mass is 775 g/mol. The Morgan fingerprint density at radius 2 is 1.60 bits per heavy atom. The number of ether oxygens (including phenoxy) is 1. The minimum atomic E-state index is -5.08. The standard InChI is InChI=1S/C28H30ClN7O3.2C2HF3O2/c1-7-39-25-19(12-20(29)16(3)23(25)18-9-11-22(31-13-18)28(38)35(5)6)17(4)36-27-24(26(30)32-14-33-27)21(34-36)10-8-15(2)37;2*3-2(4,5)1(6)7/h9,11-15,17,37H,7H2,1-6H3,(H2,30,32,33);2*(H,6,7)/t15-,17?;;/m1../s1. The molecule has 0 aliphatic rings. The number of rotatable bonds is 6. The number of carbonyl (C=O) groups excluding carboxylic acids is 1. The Bertz CT molecular complexity index is 2000. The van der Waals surface area contributed by atoms with Crippen LogP contribution in [-0.2, 0) is 9.59 Å². The highest BCUT2D eigenvalue weighted by atomic mass is 35.5. The number of alkyl halides is 6. The molecular formula is C32H32ClF6N7O7. The molecule has 5 N–H and O–H groups in total. The van der Waals surface area contributed by atoms with Crippen molar-refractivity contribution in [2.75, 3.05) is 26.4 Å². The van der Waals surface area contributed by atoms with Crippen molar-refractivity contribution in [2.24, 2.45) is 0 Å². The Hall–Kier alpha value is -5.68. The minimum Gasteiger partial charge on any atom is -0.493 e. The molecule has 53 heavy (non-hydrogen) atoms. The highest BCUT2D eigenvalue weighted by Crippen LogP contribution is 2.43. The number of nitrogens with two attached hydrogens (primary N) is 1. The Kier molecular flexibility index (Phi) is 14.5. The van der Waals surface area contributed by atoms with Crippen LogP contribution in [0.3, 0.4) is 0 Å². The van der Waals surface area contributed by atoms with Crippen molar-refractivity contribution in [3.63, 3.8) is 0 Å². The number of pyridine rings is 1. The van der Waals surface area contributed by atoms with Crippen molar-refractivity contribution < 1.29 is 60.8 Å². The number of carbonyl (C=O) groups is 3. The highest BCUT2D eigenvalue weighted by molar-refractivity contribution is 6.32. The van der Waals surface area contributed by atoms with Gasteiger partial charge in [-0.3, -0.25) is 9.78 Å². The van der Waals surface area contributed by atoms with E-state index >= 15 is 0 Å². The van der Waals surface area contributed by atoms with Crippen LogP contribution in [-0.4, -0.2) is 102 Å². The predicted octanol–water partition coefficient (Wildman–Crippen LogP) is 5.14. The molecule has 3 aromatic heterocycles. The summed E-state index contributed by atoms with van der Waals surface area (Å²) < 4.78 is 71.4. The van der Waals surface area contributed by atoms with Gasteiger partial charge in [0.15, 0.2) is 5.65 Å². The minimum absolute atomic E-state index is 0.190. The van der Waals surface area contributed by atoms with Crippen LogP contribution in [0.2, 0.25) is 5.02 Å². The second kappa shape index (κ2) is 17.7. The topological polar surface area (TPSA) is 207 Å². The number of nitrogens with zero attached hydrogens (tertiary/aromatic N) is 6. The third-order valence-corrected chi connectivity index (χ3v) is 7.08. The van der Waals surface area contributed by atoms with Crippen molar-refractivity contribution in [1.82, 2.24) is 29.6 Å². The molecule has 14 nitrogen and oxygen atoms in total. The molecular weight excluding hydrogens is 744 g/mol. The quantitative estimate of drug-likeness (QED) is 0.148. The molecule has 21 heteroatoms. The van der Waals surface area contributed by atoms with Gasteiger partial charge in [0.25, 0.3) is 5.91 Å². The normalized spacial score (nSPS) is 12.2. The molecule has 4 aromatic rings. The van der Waals surface area contributed by atoms with Crippen LogP contribution >= 0.6 is 11.6 Å². The van der Waals surface area contributed by atoms with Gasteiger partial charge >= 0.3 is 24.3 Å². The summed E-state index contributed by atoms with van der Waals surface area (Å²) in [6.07, 6.45) is -7.99. The molecule has 0 saturated carbocycles. The first-order valence-corrected chi connectivity index (χ1v) is 15.2. The lowest BCUT2D eigenvalue weighted by Gasteiger charge is -2.23. The van der Waals surface area contributed by atoms with E-state index in [1.165, 1.54) is 11.2 Å². The first kappa shape index (κ1) is 43.5. The summed E-state index contributed by atoms with van der Waals surface area (Å²) in [6, 6.07) is 4.96. The number of nitrogen functional groups attached to an aromatic ring is 1. The van der Waals surface area contributed by atoms with Crippen LogP contribution in [0.5, 0.6) is 5.75 Å². The van der Waals surface area contributed by atoms with Crippen molar-refractivity contribution in [3.8, 4) is 28.7 Å². The summed E-state index contributed by atoms with van der Waals surface area (Å²) in [6.45, 7) is 7.73. The molecule has 0 radical (unpaired) electrons. The van der Waals surface area contributed by atoms with Crippen molar-refractivity contribution in [3.05, 3.63) is 58.3 Å². The van der Waals surface area contributed by atoms with Crippen LogP contribution < -0.4 is 10.5 Å². The van der Waals surface area contributed by atoms with Gasteiger partial charge in [0.05, 0.1) is 18.0 Å². The molecule has 0 bridgehead atoms. The zero-order chi connectivity index (χ0) is 40.6. The van der Waals surface area contributed by atoms with Gasteiger partial charge in [0, 0.05) is 42.0 Å². The Morgan fingerprint density at radius 3 is 2.06 bits per heavy atom. The lowest BCUT2D eigenvalue weighted by Crippen LogP contribution is -2.22. The number of hydrogen-bond donors (Lipinski definition) is 4. The molecule has 0 aliphatic carbocycles. The lowest BCUT2D eigenvalue weighted by atomic mass is 9.94. The molecule has 1 amide bonds. The number of fused-ring (bicyclic) bond motifs is 1. The van der Waals surface area contributed by atoms with E-state index in [-0.39, 0.29) is 11.7 Å². The Balaban J connectivity index is 0.000000587. The van der Waals surface area contributed by atoms with Gasteiger partial charge in [-0.1, -0.05) is 23.6 Å². The predicted molar refractivity (Wildman–Crippen MR) is 178 cm³/mol. The van der Waals surface area contributed by atoms with Crippen molar-refractivity contribution >= 4 is 46.3 Å². The second-order valence-electron chi connectivity index (χ2n) is 10.8. The number of hydrogen-bond acceptors (Lipinski definition) is 10. The molecule has 0 aliphatic heterocycles. The number of aliphatic hydroxyl groups excluding tert-OH is 1. The zero-order valence-electron chi connectivity index (χ0n) is 28.6. The van der Waals surface area contributed by atoms with Gasteiger partial charge in [-0.25, -0.2) is 24.2 Å². The smallest absolute Gasteiger partial charge is 0.490 e. The van der Waals surface area contributed by atoms with Gasteiger partial charge in [-0.2, -0.15) is 31.4 Å². The largest absolute Gasteiger partial charge is 0.493 e. The fourth-order valence-electron chi connectivity index (χ4n) is 4.26. The number of aromatic nitrogens is 5. The lowest BCUT2D eigenvalue weighted by molar-refractivity contribution is -0.193. The fourth-order valence-corrected chi connectivity index (χ4v) is 4.47. The molecule has 1 aromatic carbocycles. The maximum Gasteiger partial charge on any atom is 0.490 e. The van der Waals surface area contributed by atoms with E-state index in [9.17, 15) is 36.2 Å². The van der Waals surface area contributed by atoms with Crippen LogP contribution in [0.4, 0.5) is 32.2 Å². The van der Waals surface area contributed by atoms with Gasteiger partial charge in [-0.05, 0) is 51.3 Å². The third kappa shape index (κ3) is 11.2. The van der Waals surface area contributed by atoms with E-state index in [0.717, 1.165) is 22.3 Å². The highest BCUT2D eigenvalue weighted by Gasteiger charge is 2.39.